The number of rotatable bonds is 7. The van der Waals surface area contributed by atoms with E-state index in [1.54, 1.807) is 25.1 Å². The Morgan fingerprint density at radius 3 is 2.45 bits per heavy atom. The number of nitrogens with one attached hydrogen (secondary N) is 1. The molecule has 0 aliphatic carbocycles. The summed E-state index contributed by atoms with van der Waals surface area (Å²) in [5, 5.41) is 3.38. The highest BCUT2D eigenvalue weighted by Gasteiger charge is 2.19. The molecule has 0 saturated heterocycles. The number of ether oxygens (including phenoxy) is 3. The van der Waals surface area contributed by atoms with Crippen LogP contribution in [0.25, 0.3) is 10.6 Å². The molecule has 0 unspecified atom stereocenters. The minimum atomic E-state index is -0.579. The molecule has 3 rings (SSSR count). The zero-order valence-electron chi connectivity index (χ0n) is 16.2. The first-order chi connectivity index (χ1) is 14.0. The van der Waals surface area contributed by atoms with E-state index in [-0.39, 0.29) is 0 Å². The number of aryl methyl sites for hydroxylation is 1. The van der Waals surface area contributed by atoms with Gasteiger partial charge in [0.2, 0.25) is 0 Å². The quantitative estimate of drug-likeness (QED) is 0.592. The van der Waals surface area contributed by atoms with Crippen molar-refractivity contribution >= 4 is 28.9 Å². The monoisotopic (exact) mass is 412 g/mol. The minimum absolute atomic E-state index is 0.378. The van der Waals surface area contributed by atoms with Crippen LogP contribution in [0.1, 0.15) is 15.4 Å². The Bertz CT molecular complexity index is 1020. The van der Waals surface area contributed by atoms with Crippen LogP contribution >= 0.6 is 11.3 Å². The van der Waals surface area contributed by atoms with Crippen molar-refractivity contribution in [1.82, 2.24) is 4.98 Å². The lowest BCUT2D eigenvalue weighted by molar-refractivity contribution is -0.119. The van der Waals surface area contributed by atoms with Crippen molar-refractivity contribution in [2.24, 2.45) is 0 Å². The average molecular weight is 412 g/mol. The second-order valence-electron chi connectivity index (χ2n) is 5.99. The van der Waals surface area contributed by atoms with Crippen molar-refractivity contribution < 1.29 is 23.8 Å². The van der Waals surface area contributed by atoms with Crippen LogP contribution in [0.5, 0.6) is 11.5 Å². The Kier molecular flexibility index (Phi) is 6.46. The van der Waals surface area contributed by atoms with E-state index in [2.05, 4.69) is 10.3 Å². The molecule has 1 amide bonds. The van der Waals surface area contributed by atoms with Crippen LogP contribution in [0.4, 0.5) is 5.69 Å². The molecular weight excluding hydrogens is 392 g/mol. The molecule has 0 bridgehead atoms. The van der Waals surface area contributed by atoms with E-state index < -0.39 is 18.5 Å². The normalized spacial score (nSPS) is 10.3. The predicted molar refractivity (Wildman–Crippen MR) is 111 cm³/mol. The SMILES string of the molecule is COc1ccc(NC(=O)COC(=O)c2sc(-c3ccccc3)nc2C)cc1OC. The van der Waals surface area contributed by atoms with E-state index in [0.29, 0.717) is 27.8 Å². The highest BCUT2D eigenvalue weighted by molar-refractivity contribution is 7.17. The van der Waals surface area contributed by atoms with Crippen molar-refractivity contribution in [1.29, 1.82) is 0 Å². The first-order valence-corrected chi connectivity index (χ1v) is 9.55. The molecule has 2 aromatic carbocycles. The molecule has 0 fully saturated rings. The van der Waals surface area contributed by atoms with Crippen molar-refractivity contribution in [3.8, 4) is 22.1 Å². The molecule has 29 heavy (non-hydrogen) atoms. The van der Waals surface area contributed by atoms with Gasteiger partial charge >= 0.3 is 5.97 Å². The Balaban J connectivity index is 1.61. The van der Waals surface area contributed by atoms with Gasteiger partial charge in [-0.25, -0.2) is 9.78 Å². The second kappa shape index (κ2) is 9.20. The highest BCUT2D eigenvalue weighted by atomic mass is 32.1. The number of nitrogens with zero attached hydrogens (tertiary/aromatic N) is 1. The van der Waals surface area contributed by atoms with Crippen LogP contribution in [0, 0.1) is 6.92 Å². The molecule has 0 spiro atoms. The summed E-state index contributed by atoms with van der Waals surface area (Å²) >= 11 is 1.24. The number of hydrogen-bond donors (Lipinski definition) is 1. The Morgan fingerprint density at radius 2 is 1.76 bits per heavy atom. The van der Waals surface area contributed by atoms with Crippen molar-refractivity contribution in [2.75, 3.05) is 26.1 Å². The molecule has 8 heteroatoms. The van der Waals surface area contributed by atoms with Crippen molar-refractivity contribution in [3.63, 3.8) is 0 Å². The molecule has 1 aromatic heterocycles. The molecule has 150 valence electrons. The van der Waals surface area contributed by atoms with Gasteiger partial charge in [0.05, 0.1) is 19.9 Å². The molecular formula is C21H20N2O5S. The minimum Gasteiger partial charge on any atom is -0.493 e. The van der Waals surface area contributed by atoms with Gasteiger partial charge in [-0.1, -0.05) is 30.3 Å². The zero-order chi connectivity index (χ0) is 20.8. The number of esters is 1. The Hall–Kier alpha value is -3.39. The van der Waals surface area contributed by atoms with E-state index in [0.717, 1.165) is 10.6 Å². The van der Waals surface area contributed by atoms with Gasteiger partial charge in [0.25, 0.3) is 5.91 Å². The third-order valence-corrected chi connectivity index (χ3v) is 5.19. The van der Waals surface area contributed by atoms with Gasteiger partial charge in [-0.2, -0.15) is 0 Å². The number of carbonyl (C=O) groups excluding carboxylic acids is 2. The van der Waals surface area contributed by atoms with Gasteiger partial charge in [-0.15, -0.1) is 11.3 Å². The van der Waals surface area contributed by atoms with Gasteiger partial charge in [-0.05, 0) is 19.1 Å². The maximum absolute atomic E-state index is 12.4. The molecule has 3 aromatic rings. The lowest BCUT2D eigenvalue weighted by Gasteiger charge is -2.10. The topological polar surface area (TPSA) is 86.8 Å². The predicted octanol–water partition coefficient (Wildman–Crippen LogP) is 3.93. The number of thiazole rings is 1. The lowest BCUT2D eigenvalue weighted by Crippen LogP contribution is -2.20. The van der Waals surface area contributed by atoms with E-state index in [1.807, 2.05) is 30.3 Å². The van der Waals surface area contributed by atoms with Crippen LogP contribution in [0.15, 0.2) is 48.5 Å². The first-order valence-electron chi connectivity index (χ1n) is 8.73. The lowest BCUT2D eigenvalue weighted by atomic mass is 10.2. The van der Waals surface area contributed by atoms with Gasteiger partial charge < -0.3 is 19.5 Å². The summed E-state index contributed by atoms with van der Waals surface area (Å²) in [5.74, 6) is -0.0106. The zero-order valence-corrected chi connectivity index (χ0v) is 17.0. The average Bonchev–Trinajstić information content (AvgIpc) is 3.14. The summed E-state index contributed by atoms with van der Waals surface area (Å²) in [4.78, 5) is 29.3. The Morgan fingerprint density at radius 1 is 1.03 bits per heavy atom. The summed E-state index contributed by atoms with van der Waals surface area (Å²) < 4.78 is 15.5. The van der Waals surface area contributed by atoms with Gasteiger partial charge in [0.1, 0.15) is 9.88 Å². The number of benzene rings is 2. The molecule has 1 heterocycles. The van der Waals surface area contributed by atoms with Crippen molar-refractivity contribution in [3.05, 3.63) is 59.1 Å². The maximum atomic E-state index is 12.4. The smallest absolute Gasteiger partial charge is 0.350 e. The molecule has 0 aliphatic heterocycles. The summed E-state index contributed by atoms with van der Waals surface area (Å²) in [6.07, 6.45) is 0. The van der Waals surface area contributed by atoms with Crippen LogP contribution in [-0.4, -0.2) is 37.7 Å². The van der Waals surface area contributed by atoms with Crippen LogP contribution in [0.3, 0.4) is 0 Å². The third-order valence-electron chi connectivity index (χ3n) is 4.00. The molecule has 0 radical (unpaired) electrons. The summed E-state index contributed by atoms with van der Waals surface area (Å²) in [5.41, 5.74) is 1.99. The molecule has 0 atom stereocenters. The van der Waals surface area contributed by atoms with Crippen LogP contribution < -0.4 is 14.8 Å². The molecule has 1 N–H and O–H groups in total. The number of hydrogen-bond acceptors (Lipinski definition) is 7. The summed E-state index contributed by atoms with van der Waals surface area (Å²) in [6, 6.07) is 14.5. The maximum Gasteiger partial charge on any atom is 0.350 e. The second-order valence-corrected chi connectivity index (χ2v) is 6.99. The van der Waals surface area contributed by atoms with E-state index in [9.17, 15) is 9.59 Å². The van der Waals surface area contributed by atoms with Crippen molar-refractivity contribution in [2.45, 2.75) is 6.92 Å². The van der Waals surface area contributed by atoms with Gasteiger partial charge in [0, 0.05) is 17.3 Å². The van der Waals surface area contributed by atoms with Gasteiger partial charge in [-0.3, -0.25) is 4.79 Å². The Labute approximate surface area is 172 Å². The fourth-order valence-corrected chi connectivity index (χ4v) is 3.56. The molecule has 7 nitrogen and oxygen atoms in total. The van der Waals surface area contributed by atoms with Crippen LogP contribution in [-0.2, 0) is 9.53 Å². The molecule has 0 aliphatic rings. The molecule has 0 saturated carbocycles. The van der Waals surface area contributed by atoms with Gasteiger partial charge in [0.15, 0.2) is 18.1 Å². The van der Waals surface area contributed by atoms with E-state index >= 15 is 0 Å². The fraction of sp³-hybridized carbons (Fsp3) is 0.190. The summed E-state index contributed by atoms with van der Waals surface area (Å²) in [7, 11) is 3.03. The fourth-order valence-electron chi connectivity index (χ4n) is 2.60. The highest BCUT2D eigenvalue weighted by Crippen LogP contribution is 2.30. The number of amides is 1. The number of anilines is 1. The van der Waals surface area contributed by atoms with E-state index in [4.69, 9.17) is 14.2 Å². The first kappa shape index (κ1) is 20.3. The third kappa shape index (κ3) is 4.91. The standard InChI is InChI=1S/C21H20N2O5S/c1-13-19(29-20(22-13)14-7-5-4-6-8-14)21(25)28-12-18(24)23-15-9-10-16(26-2)17(11-15)27-3/h4-11H,12H2,1-3H3,(H,23,24). The largest absolute Gasteiger partial charge is 0.493 e. The number of methoxy groups -OCH3 is 2. The van der Waals surface area contributed by atoms with E-state index in [1.165, 1.54) is 25.6 Å². The summed E-state index contributed by atoms with van der Waals surface area (Å²) in [6.45, 7) is 1.33. The van der Waals surface area contributed by atoms with Crippen LogP contribution in [0.2, 0.25) is 0 Å². The number of aromatic nitrogens is 1. The number of carbonyl (C=O) groups is 2.